The zero-order valence-electron chi connectivity index (χ0n) is 7.14. The lowest BCUT2D eigenvalue weighted by Gasteiger charge is -1.98. The fourth-order valence-electron chi connectivity index (χ4n) is 0.772. The van der Waals surface area contributed by atoms with Crippen LogP contribution in [0.3, 0.4) is 0 Å². The van der Waals surface area contributed by atoms with Crippen molar-refractivity contribution in [1.29, 1.82) is 10.5 Å². The van der Waals surface area contributed by atoms with Gasteiger partial charge in [0, 0.05) is 4.90 Å². The minimum absolute atomic E-state index is 0.0437. The average Bonchev–Trinajstić information content (AvgIpc) is 2.21. The average molecular weight is 218 g/mol. The molecule has 0 radical (unpaired) electrons. The van der Waals surface area contributed by atoms with Gasteiger partial charge < -0.3 is 0 Å². The number of nitrogens with zero attached hydrogens (tertiary/aromatic N) is 2. The van der Waals surface area contributed by atoms with Crippen molar-refractivity contribution in [2.45, 2.75) is 4.90 Å². The maximum atomic E-state index is 8.58. The third-order valence-electron chi connectivity index (χ3n) is 1.40. The van der Waals surface area contributed by atoms with Gasteiger partial charge in [0.1, 0.15) is 17.7 Å². The second kappa shape index (κ2) is 5.39. The summed E-state index contributed by atoms with van der Waals surface area (Å²) >= 11 is 5.39. The van der Waals surface area contributed by atoms with Crippen LogP contribution < -0.4 is 0 Å². The molecule has 0 atom stereocenters. The van der Waals surface area contributed by atoms with Gasteiger partial charge in [0.15, 0.2) is 0 Å². The lowest BCUT2D eigenvalue weighted by molar-refractivity contribution is 1.46. The zero-order valence-corrected chi connectivity index (χ0v) is 8.85. The van der Waals surface area contributed by atoms with Crippen molar-refractivity contribution in [3.8, 4) is 12.1 Å². The predicted molar refractivity (Wildman–Crippen MR) is 59.5 cm³/mol. The Kier molecular flexibility index (Phi) is 4.12. The molecule has 2 nitrogen and oxygen atoms in total. The Morgan fingerprint density at radius 2 is 1.71 bits per heavy atom. The number of benzene rings is 1. The summed E-state index contributed by atoms with van der Waals surface area (Å²) in [4.78, 5) is 0.959. The molecule has 0 saturated heterocycles. The van der Waals surface area contributed by atoms with Gasteiger partial charge >= 0.3 is 0 Å². The lowest BCUT2D eigenvalue weighted by Crippen LogP contribution is -1.76. The highest BCUT2D eigenvalue weighted by molar-refractivity contribution is 8.15. The summed E-state index contributed by atoms with van der Waals surface area (Å²) < 4.78 is 0.432. The molecule has 0 aliphatic carbocycles. The van der Waals surface area contributed by atoms with Gasteiger partial charge in [-0.15, -0.1) is 12.6 Å². The molecule has 0 bridgehead atoms. The van der Waals surface area contributed by atoms with Crippen LogP contribution in [0.1, 0.15) is 0 Å². The Morgan fingerprint density at radius 3 is 2.21 bits per heavy atom. The van der Waals surface area contributed by atoms with Crippen LogP contribution in [-0.2, 0) is 0 Å². The van der Waals surface area contributed by atoms with Gasteiger partial charge in [0.2, 0.25) is 0 Å². The molecular formula is C10H6N2S2. The minimum atomic E-state index is 0.0437. The van der Waals surface area contributed by atoms with Gasteiger partial charge in [-0.1, -0.05) is 30.0 Å². The van der Waals surface area contributed by atoms with Gasteiger partial charge in [-0.2, -0.15) is 10.5 Å². The summed E-state index contributed by atoms with van der Waals surface area (Å²) in [5.74, 6) is 0. The number of thioether (sulfide) groups is 1. The van der Waals surface area contributed by atoms with Crippen molar-refractivity contribution in [3.63, 3.8) is 0 Å². The summed E-state index contributed by atoms with van der Waals surface area (Å²) in [6.07, 6.45) is 0. The van der Waals surface area contributed by atoms with Crippen LogP contribution in [-0.4, -0.2) is 0 Å². The molecule has 0 aromatic heterocycles. The molecule has 1 rings (SSSR count). The largest absolute Gasteiger partial charge is 0.192 e. The topological polar surface area (TPSA) is 47.6 Å². The maximum absolute atomic E-state index is 8.58. The first-order valence-electron chi connectivity index (χ1n) is 3.74. The molecule has 0 fully saturated rings. The van der Waals surface area contributed by atoms with Gasteiger partial charge in [-0.05, 0) is 12.1 Å². The van der Waals surface area contributed by atoms with E-state index in [2.05, 4.69) is 12.6 Å². The summed E-state index contributed by atoms with van der Waals surface area (Å²) in [5, 5.41) is 17.2. The van der Waals surface area contributed by atoms with Crippen molar-refractivity contribution >= 4 is 24.4 Å². The highest BCUT2D eigenvalue weighted by Crippen LogP contribution is 2.30. The molecule has 0 unspecified atom stereocenters. The lowest BCUT2D eigenvalue weighted by atomic mass is 10.4. The van der Waals surface area contributed by atoms with Crippen LogP contribution in [0.2, 0.25) is 0 Å². The number of hydrogen-bond donors (Lipinski definition) is 1. The van der Waals surface area contributed by atoms with Crippen LogP contribution >= 0.6 is 24.4 Å². The van der Waals surface area contributed by atoms with Crippen molar-refractivity contribution in [1.82, 2.24) is 0 Å². The Balaban J connectivity index is 2.87. The fraction of sp³-hybridized carbons (Fsp3) is 0. The van der Waals surface area contributed by atoms with Crippen LogP contribution in [0.25, 0.3) is 0 Å². The van der Waals surface area contributed by atoms with Crippen LogP contribution in [0.15, 0.2) is 45.0 Å². The molecule has 1 aromatic carbocycles. The number of rotatable bonds is 2. The Morgan fingerprint density at radius 1 is 1.14 bits per heavy atom. The van der Waals surface area contributed by atoms with Crippen molar-refractivity contribution in [2.24, 2.45) is 0 Å². The summed E-state index contributed by atoms with van der Waals surface area (Å²) in [7, 11) is 0. The smallest absolute Gasteiger partial charge is 0.149 e. The quantitative estimate of drug-likeness (QED) is 0.471. The number of thiol groups is 1. The zero-order chi connectivity index (χ0) is 10.4. The van der Waals surface area contributed by atoms with E-state index in [-0.39, 0.29) is 5.57 Å². The summed E-state index contributed by atoms with van der Waals surface area (Å²) in [5.41, 5.74) is 0.0437. The minimum Gasteiger partial charge on any atom is -0.192 e. The highest BCUT2D eigenvalue weighted by Gasteiger charge is 2.03. The standard InChI is InChI=1S/C10H6N2S2/c11-6-8(7-12)10(13)14-9-4-2-1-3-5-9/h1-5,13H. The van der Waals surface area contributed by atoms with Crippen molar-refractivity contribution < 1.29 is 0 Å². The monoisotopic (exact) mass is 218 g/mol. The molecule has 0 amide bonds. The number of nitriles is 2. The molecular weight excluding hydrogens is 212 g/mol. The van der Waals surface area contributed by atoms with E-state index >= 15 is 0 Å². The molecule has 0 spiro atoms. The van der Waals surface area contributed by atoms with Crippen LogP contribution in [0, 0.1) is 22.7 Å². The summed E-state index contributed by atoms with van der Waals surface area (Å²) in [6.45, 7) is 0. The van der Waals surface area contributed by atoms with Gasteiger partial charge in [0.05, 0.1) is 4.24 Å². The van der Waals surface area contributed by atoms with E-state index in [1.54, 1.807) is 12.1 Å². The second-order valence-corrected chi connectivity index (χ2v) is 4.15. The van der Waals surface area contributed by atoms with E-state index in [1.165, 1.54) is 11.8 Å². The van der Waals surface area contributed by atoms with Gasteiger partial charge in [-0.3, -0.25) is 0 Å². The normalized spacial score (nSPS) is 8.50. The predicted octanol–water partition coefficient (Wildman–Crippen LogP) is 2.97. The molecule has 0 aliphatic heterocycles. The van der Waals surface area contributed by atoms with Crippen molar-refractivity contribution in [3.05, 3.63) is 40.1 Å². The van der Waals surface area contributed by atoms with E-state index in [1.807, 2.05) is 30.3 Å². The van der Waals surface area contributed by atoms with E-state index in [9.17, 15) is 0 Å². The summed E-state index contributed by atoms with van der Waals surface area (Å²) in [6, 6.07) is 13.1. The van der Waals surface area contributed by atoms with Gasteiger partial charge in [-0.25, -0.2) is 0 Å². The number of allylic oxidation sites excluding steroid dienone is 1. The fourth-order valence-corrected chi connectivity index (χ4v) is 1.90. The van der Waals surface area contributed by atoms with Gasteiger partial charge in [0.25, 0.3) is 0 Å². The highest BCUT2D eigenvalue weighted by atomic mass is 32.2. The molecule has 0 saturated carbocycles. The molecule has 14 heavy (non-hydrogen) atoms. The van der Waals surface area contributed by atoms with E-state index in [0.717, 1.165) is 4.90 Å². The molecule has 68 valence electrons. The second-order valence-electron chi connectivity index (χ2n) is 2.32. The van der Waals surface area contributed by atoms with E-state index in [0.29, 0.717) is 4.24 Å². The van der Waals surface area contributed by atoms with Crippen molar-refractivity contribution in [2.75, 3.05) is 0 Å². The Labute approximate surface area is 92.3 Å². The van der Waals surface area contributed by atoms with E-state index < -0.39 is 0 Å². The first-order chi connectivity index (χ1) is 6.77. The Bertz CT molecular complexity index is 408. The van der Waals surface area contributed by atoms with Crippen LogP contribution in [0.5, 0.6) is 0 Å². The maximum Gasteiger partial charge on any atom is 0.149 e. The first-order valence-corrected chi connectivity index (χ1v) is 5.00. The molecule has 4 heteroatoms. The van der Waals surface area contributed by atoms with Crippen LogP contribution in [0.4, 0.5) is 0 Å². The SMILES string of the molecule is N#CC(C#N)=C(S)Sc1ccccc1. The molecule has 1 aromatic rings. The number of hydrogen-bond acceptors (Lipinski definition) is 4. The molecule has 0 N–H and O–H groups in total. The van der Waals surface area contributed by atoms with E-state index in [4.69, 9.17) is 10.5 Å². The Hall–Kier alpha value is -1.36. The third kappa shape index (κ3) is 2.85. The molecule has 0 heterocycles. The third-order valence-corrected chi connectivity index (χ3v) is 2.80. The first kappa shape index (κ1) is 10.7. The molecule has 0 aliphatic rings.